The largest absolute Gasteiger partial charge is 0.393 e. The first-order chi connectivity index (χ1) is 7.19. The first kappa shape index (κ1) is 13.0. The summed E-state index contributed by atoms with van der Waals surface area (Å²) in [6.07, 6.45) is 12.9. The molecule has 0 radical (unpaired) electrons. The second-order valence-electron chi connectivity index (χ2n) is 5.58. The van der Waals surface area contributed by atoms with E-state index in [-0.39, 0.29) is 6.10 Å². The van der Waals surface area contributed by atoms with Crippen LogP contribution in [0, 0.1) is 5.41 Å². The molecule has 1 heteroatoms. The highest BCUT2D eigenvalue weighted by Crippen LogP contribution is 2.49. The minimum absolute atomic E-state index is 0.0202. The van der Waals surface area contributed by atoms with E-state index in [0.29, 0.717) is 5.41 Å². The van der Waals surface area contributed by atoms with Gasteiger partial charge in [-0.1, -0.05) is 58.8 Å². The number of hydrogen-bond acceptors (Lipinski definition) is 1. The second-order valence-corrected chi connectivity index (χ2v) is 5.58. The number of unbranched alkanes of at least 4 members (excludes halogenated alkanes) is 6. The minimum Gasteiger partial charge on any atom is -0.393 e. The maximum absolute atomic E-state index is 9.89. The van der Waals surface area contributed by atoms with Gasteiger partial charge in [-0.05, 0) is 24.7 Å². The van der Waals surface area contributed by atoms with Crippen molar-refractivity contribution in [2.75, 3.05) is 0 Å². The van der Waals surface area contributed by atoms with E-state index in [9.17, 15) is 5.11 Å². The topological polar surface area (TPSA) is 20.2 Å². The van der Waals surface area contributed by atoms with Crippen LogP contribution in [0.15, 0.2) is 0 Å². The Morgan fingerprint density at radius 3 is 2.07 bits per heavy atom. The van der Waals surface area contributed by atoms with Crippen LogP contribution in [0.4, 0.5) is 0 Å². The van der Waals surface area contributed by atoms with Gasteiger partial charge in [0.25, 0.3) is 0 Å². The molecular formula is C14H28O. The highest BCUT2D eigenvalue weighted by molar-refractivity contribution is 4.94. The third-order valence-electron chi connectivity index (χ3n) is 3.92. The van der Waals surface area contributed by atoms with Gasteiger partial charge in [0.2, 0.25) is 0 Å². The molecule has 0 spiro atoms. The lowest BCUT2D eigenvalue weighted by Crippen LogP contribution is -2.18. The summed E-state index contributed by atoms with van der Waals surface area (Å²) >= 11 is 0. The van der Waals surface area contributed by atoms with Crippen molar-refractivity contribution in [3.63, 3.8) is 0 Å². The van der Waals surface area contributed by atoms with Crippen LogP contribution in [-0.2, 0) is 0 Å². The fourth-order valence-corrected chi connectivity index (χ4v) is 2.17. The van der Waals surface area contributed by atoms with Crippen molar-refractivity contribution < 1.29 is 5.11 Å². The molecule has 1 nitrogen and oxygen atoms in total. The van der Waals surface area contributed by atoms with Gasteiger partial charge in [0.1, 0.15) is 0 Å². The van der Waals surface area contributed by atoms with E-state index in [0.717, 1.165) is 6.42 Å². The molecular weight excluding hydrogens is 184 g/mol. The summed E-state index contributed by atoms with van der Waals surface area (Å²) < 4.78 is 0. The molecule has 1 rings (SSSR count). The van der Waals surface area contributed by atoms with Crippen LogP contribution in [0.25, 0.3) is 0 Å². The molecule has 1 unspecified atom stereocenters. The summed E-state index contributed by atoms with van der Waals surface area (Å²) in [5.41, 5.74) is 0.308. The van der Waals surface area contributed by atoms with Crippen LogP contribution >= 0.6 is 0 Å². The Bertz CT molecular complexity index is 161. The monoisotopic (exact) mass is 212 g/mol. The Morgan fingerprint density at radius 1 is 1.00 bits per heavy atom. The predicted molar refractivity (Wildman–Crippen MR) is 66.0 cm³/mol. The second kappa shape index (κ2) is 6.52. The molecule has 1 atom stereocenters. The van der Waals surface area contributed by atoms with E-state index in [1.807, 2.05) is 0 Å². The molecule has 1 N–H and O–H groups in total. The van der Waals surface area contributed by atoms with Crippen molar-refractivity contribution in [2.45, 2.75) is 84.2 Å². The van der Waals surface area contributed by atoms with Crippen LogP contribution in [-0.4, -0.2) is 11.2 Å². The van der Waals surface area contributed by atoms with Gasteiger partial charge in [-0.15, -0.1) is 0 Å². The molecule has 0 bridgehead atoms. The fraction of sp³-hybridized carbons (Fsp3) is 1.00. The molecule has 0 aliphatic heterocycles. The minimum atomic E-state index is -0.0202. The normalized spacial score (nSPS) is 20.2. The van der Waals surface area contributed by atoms with Crippen molar-refractivity contribution >= 4 is 0 Å². The molecule has 1 aliphatic rings. The summed E-state index contributed by atoms with van der Waals surface area (Å²) in [4.78, 5) is 0. The zero-order valence-corrected chi connectivity index (χ0v) is 10.6. The lowest BCUT2D eigenvalue weighted by Gasteiger charge is -2.16. The third kappa shape index (κ3) is 5.01. The molecule has 0 saturated heterocycles. The van der Waals surface area contributed by atoms with Crippen molar-refractivity contribution in [1.29, 1.82) is 0 Å². The number of aliphatic hydroxyl groups is 1. The van der Waals surface area contributed by atoms with Crippen LogP contribution in [0.5, 0.6) is 0 Å². The summed E-state index contributed by atoms with van der Waals surface area (Å²) in [5.74, 6) is 0. The van der Waals surface area contributed by atoms with Gasteiger partial charge >= 0.3 is 0 Å². The quantitative estimate of drug-likeness (QED) is 0.565. The van der Waals surface area contributed by atoms with Gasteiger partial charge in [0.15, 0.2) is 0 Å². The molecule has 0 heterocycles. The highest BCUT2D eigenvalue weighted by atomic mass is 16.3. The van der Waals surface area contributed by atoms with Gasteiger partial charge in [-0.3, -0.25) is 0 Å². The predicted octanol–water partition coefficient (Wildman–Crippen LogP) is 4.29. The van der Waals surface area contributed by atoms with Crippen molar-refractivity contribution in [3.05, 3.63) is 0 Å². The lowest BCUT2D eigenvalue weighted by atomic mass is 9.96. The zero-order chi connectivity index (χ0) is 11.1. The van der Waals surface area contributed by atoms with Gasteiger partial charge in [0, 0.05) is 0 Å². The SMILES string of the molecule is CCCCCCCCCC(O)C1(C)CC1. The molecule has 90 valence electrons. The van der Waals surface area contributed by atoms with Crippen LogP contribution in [0.1, 0.15) is 78.1 Å². The molecule has 1 saturated carbocycles. The number of rotatable bonds is 9. The summed E-state index contributed by atoms with van der Waals surface area (Å²) in [6, 6.07) is 0. The van der Waals surface area contributed by atoms with Crippen molar-refractivity contribution in [1.82, 2.24) is 0 Å². The van der Waals surface area contributed by atoms with Gasteiger partial charge in [-0.25, -0.2) is 0 Å². The summed E-state index contributed by atoms with van der Waals surface area (Å²) in [7, 11) is 0. The average Bonchev–Trinajstić information content (AvgIpc) is 2.96. The molecule has 1 fully saturated rings. The first-order valence-corrected chi connectivity index (χ1v) is 6.87. The highest BCUT2D eigenvalue weighted by Gasteiger charge is 2.43. The molecule has 0 aromatic carbocycles. The number of aliphatic hydroxyl groups excluding tert-OH is 1. The molecule has 1 aliphatic carbocycles. The van der Waals surface area contributed by atoms with Gasteiger partial charge in [0.05, 0.1) is 6.10 Å². The van der Waals surface area contributed by atoms with E-state index in [1.165, 1.54) is 57.8 Å². The summed E-state index contributed by atoms with van der Waals surface area (Å²) in [5, 5.41) is 9.89. The average molecular weight is 212 g/mol. The van der Waals surface area contributed by atoms with Crippen molar-refractivity contribution in [2.24, 2.45) is 5.41 Å². The fourth-order valence-electron chi connectivity index (χ4n) is 2.17. The van der Waals surface area contributed by atoms with E-state index in [1.54, 1.807) is 0 Å². The van der Waals surface area contributed by atoms with E-state index < -0.39 is 0 Å². The molecule has 15 heavy (non-hydrogen) atoms. The number of hydrogen-bond donors (Lipinski definition) is 1. The van der Waals surface area contributed by atoms with E-state index in [2.05, 4.69) is 13.8 Å². The molecule has 0 aromatic rings. The Kier molecular flexibility index (Phi) is 5.66. The van der Waals surface area contributed by atoms with Crippen LogP contribution in [0.2, 0.25) is 0 Å². The molecule has 0 aromatic heterocycles. The lowest BCUT2D eigenvalue weighted by molar-refractivity contribution is 0.0913. The van der Waals surface area contributed by atoms with Crippen LogP contribution in [0.3, 0.4) is 0 Å². The first-order valence-electron chi connectivity index (χ1n) is 6.87. The smallest absolute Gasteiger partial charge is 0.0593 e. The van der Waals surface area contributed by atoms with E-state index >= 15 is 0 Å². The Hall–Kier alpha value is -0.0400. The maximum atomic E-state index is 9.89. The van der Waals surface area contributed by atoms with Gasteiger partial charge < -0.3 is 5.11 Å². The van der Waals surface area contributed by atoms with E-state index in [4.69, 9.17) is 0 Å². The Balaban J connectivity index is 1.84. The third-order valence-corrected chi connectivity index (χ3v) is 3.92. The van der Waals surface area contributed by atoms with Crippen molar-refractivity contribution in [3.8, 4) is 0 Å². The standard InChI is InChI=1S/C14H28O/c1-3-4-5-6-7-8-9-10-13(15)14(2)11-12-14/h13,15H,3-12H2,1-2H3. The summed E-state index contributed by atoms with van der Waals surface area (Å²) in [6.45, 7) is 4.48. The van der Waals surface area contributed by atoms with Gasteiger partial charge in [-0.2, -0.15) is 0 Å². The Morgan fingerprint density at radius 2 is 1.53 bits per heavy atom. The maximum Gasteiger partial charge on any atom is 0.0593 e. The molecule has 0 amide bonds. The zero-order valence-electron chi connectivity index (χ0n) is 10.6. The Labute approximate surface area is 95.3 Å². The van der Waals surface area contributed by atoms with Crippen LogP contribution < -0.4 is 0 Å².